The molecule has 5 heteroatoms. The number of hydrogen-bond acceptors (Lipinski definition) is 3. The Labute approximate surface area is 132 Å². The molecule has 0 spiro atoms. The first kappa shape index (κ1) is 16.5. The number of carbonyl (C=O) groups is 2. The number of likely N-dealkylation sites (tertiary alicyclic amines) is 1. The average molecular weight is 303 g/mol. The van der Waals surface area contributed by atoms with Gasteiger partial charge < -0.3 is 5.32 Å². The third-order valence-corrected chi connectivity index (χ3v) is 4.01. The first-order valence-electron chi connectivity index (χ1n) is 8.04. The maximum atomic E-state index is 11.8. The monoisotopic (exact) mass is 303 g/mol. The fraction of sp³-hybridized carbons (Fsp3) is 0.529. The van der Waals surface area contributed by atoms with Gasteiger partial charge in [-0.3, -0.25) is 15.0 Å². The van der Waals surface area contributed by atoms with Gasteiger partial charge in [0.15, 0.2) is 0 Å². The van der Waals surface area contributed by atoms with E-state index in [9.17, 15) is 9.59 Å². The zero-order valence-corrected chi connectivity index (χ0v) is 13.2. The van der Waals surface area contributed by atoms with Crippen LogP contribution in [0.1, 0.15) is 37.7 Å². The minimum atomic E-state index is -0.397. The van der Waals surface area contributed by atoms with Crippen molar-refractivity contribution in [3.05, 3.63) is 35.9 Å². The summed E-state index contributed by atoms with van der Waals surface area (Å²) in [6.45, 7) is 4.63. The maximum absolute atomic E-state index is 11.8. The van der Waals surface area contributed by atoms with Crippen molar-refractivity contribution < 1.29 is 9.59 Å². The molecule has 0 unspecified atom stereocenters. The number of amides is 3. The van der Waals surface area contributed by atoms with Gasteiger partial charge in [0.05, 0.1) is 6.54 Å². The van der Waals surface area contributed by atoms with Crippen LogP contribution in [0.3, 0.4) is 0 Å². The molecular weight excluding hydrogens is 278 g/mol. The molecule has 0 aliphatic carbocycles. The van der Waals surface area contributed by atoms with Crippen molar-refractivity contribution in [2.45, 2.75) is 32.1 Å². The lowest BCUT2D eigenvalue weighted by Gasteiger charge is -2.31. The first-order chi connectivity index (χ1) is 10.7. The summed E-state index contributed by atoms with van der Waals surface area (Å²) in [5, 5.41) is 5.01. The van der Waals surface area contributed by atoms with Crippen LogP contribution in [-0.4, -0.2) is 43.0 Å². The van der Waals surface area contributed by atoms with Gasteiger partial charge in [0.25, 0.3) is 0 Å². The summed E-state index contributed by atoms with van der Waals surface area (Å²) < 4.78 is 0. The van der Waals surface area contributed by atoms with Gasteiger partial charge >= 0.3 is 6.03 Å². The van der Waals surface area contributed by atoms with E-state index in [1.807, 2.05) is 13.0 Å². The highest BCUT2D eigenvalue weighted by molar-refractivity contribution is 5.95. The van der Waals surface area contributed by atoms with Gasteiger partial charge in [0, 0.05) is 6.54 Å². The van der Waals surface area contributed by atoms with Gasteiger partial charge in [-0.2, -0.15) is 0 Å². The van der Waals surface area contributed by atoms with Gasteiger partial charge in [-0.05, 0) is 43.8 Å². The van der Waals surface area contributed by atoms with Gasteiger partial charge in [-0.1, -0.05) is 37.3 Å². The Hall–Kier alpha value is -1.88. The molecule has 2 rings (SSSR count). The van der Waals surface area contributed by atoms with Crippen LogP contribution in [0, 0.1) is 0 Å². The molecule has 3 amide bonds. The van der Waals surface area contributed by atoms with Crippen LogP contribution in [0.25, 0.3) is 0 Å². The highest BCUT2D eigenvalue weighted by Crippen LogP contribution is 2.27. The zero-order valence-electron chi connectivity index (χ0n) is 13.2. The fourth-order valence-electron chi connectivity index (χ4n) is 2.80. The second kappa shape index (κ2) is 8.54. The molecule has 2 N–H and O–H groups in total. The van der Waals surface area contributed by atoms with E-state index in [4.69, 9.17) is 0 Å². The van der Waals surface area contributed by atoms with E-state index in [0.29, 0.717) is 19.0 Å². The van der Waals surface area contributed by atoms with E-state index >= 15 is 0 Å². The molecule has 1 aromatic rings. The van der Waals surface area contributed by atoms with Crippen LogP contribution >= 0.6 is 0 Å². The van der Waals surface area contributed by atoms with Crippen LogP contribution in [0.4, 0.5) is 4.79 Å². The normalized spacial score (nSPS) is 16.2. The molecule has 1 aliphatic rings. The largest absolute Gasteiger partial charge is 0.338 e. The van der Waals surface area contributed by atoms with Crippen molar-refractivity contribution in [3.8, 4) is 0 Å². The molecule has 1 fully saturated rings. The van der Waals surface area contributed by atoms with E-state index < -0.39 is 6.03 Å². The van der Waals surface area contributed by atoms with Gasteiger partial charge in [0.2, 0.25) is 5.91 Å². The molecule has 1 saturated heterocycles. The van der Waals surface area contributed by atoms with E-state index in [2.05, 4.69) is 39.8 Å². The third kappa shape index (κ3) is 5.15. The van der Waals surface area contributed by atoms with Crippen molar-refractivity contribution in [1.82, 2.24) is 15.5 Å². The van der Waals surface area contributed by atoms with Crippen molar-refractivity contribution in [2.24, 2.45) is 0 Å². The number of nitrogens with one attached hydrogen (secondary N) is 2. The van der Waals surface area contributed by atoms with E-state index in [-0.39, 0.29) is 5.91 Å². The molecule has 1 heterocycles. The van der Waals surface area contributed by atoms with Crippen LogP contribution in [0.2, 0.25) is 0 Å². The summed E-state index contributed by atoms with van der Waals surface area (Å²) in [7, 11) is 0. The Balaban J connectivity index is 1.71. The van der Waals surface area contributed by atoms with Crippen molar-refractivity contribution in [2.75, 3.05) is 26.2 Å². The molecule has 0 aromatic heterocycles. The average Bonchev–Trinajstić information content (AvgIpc) is 2.54. The Kier molecular flexibility index (Phi) is 6.40. The smallest absolute Gasteiger partial charge is 0.321 e. The van der Waals surface area contributed by atoms with Crippen molar-refractivity contribution in [3.63, 3.8) is 0 Å². The molecular formula is C17H25N3O2. The number of benzene rings is 1. The maximum Gasteiger partial charge on any atom is 0.321 e. The van der Waals surface area contributed by atoms with Gasteiger partial charge in [0.1, 0.15) is 0 Å². The molecule has 1 aromatic carbocycles. The summed E-state index contributed by atoms with van der Waals surface area (Å²) in [6.07, 6.45) is 2.97. The quantitative estimate of drug-likeness (QED) is 0.875. The number of rotatable bonds is 5. The predicted molar refractivity (Wildman–Crippen MR) is 86.7 cm³/mol. The Morgan fingerprint density at radius 2 is 1.86 bits per heavy atom. The molecule has 0 bridgehead atoms. The van der Waals surface area contributed by atoms with Gasteiger partial charge in [-0.15, -0.1) is 0 Å². The number of hydrogen-bond donors (Lipinski definition) is 2. The number of imide groups is 1. The fourth-order valence-corrected chi connectivity index (χ4v) is 2.80. The highest BCUT2D eigenvalue weighted by atomic mass is 16.2. The van der Waals surface area contributed by atoms with E-state index in [1.54, 1.807) is 0 Å². The molecule has 0 saturated carbocycles. The minimum absolute atomic E-state index is 0.230. The molecule has 1 aliphatic heterocycles. The molecule has 22 heavy (non-hydrogen) atoms. The van der Waals surface area contributed by atoms with Crippen LogP contribution in [0.15, 0.2) is 30.3 Å². The van der Waals surface area contributed by atoms with Gasteiger partial charge in [-0.25, -0.2) is 4.79 Å². The number of carbonyl (C=O) groups excluding carboxylic acids is 2. The number of piperidine rings is 1. The van der Waals surface area contributed by atoms with E-state index in [0.717, 1.165) is 32.4 Å². The standard InChI is InChI=1S/C17H25N3O2/c1-2-10-18-17(22)19-16(21)13-20-11-8-15(9-12-20)14-6-4-3-5-7-14/h3-7,15H,2,8-13H2,1H3,(H2,18,19,21,22). The third-order valence-electron chi connectivity index (χ3n) is 4.01. The topological polar surface area (TPSA) is 61.4 Å². The highest BCUT2D eigenvalue weighted by Gasteiger charge is 2.22. The van der Waals surface area contributed by atoms with Crippen LogP contribution in [0.5, 0.6) is 0 Å². The number of nitrogens with zero attached hydrogens (tertiary/aromatic N) is 1. The lowest BCUT2D eigenvalue weighted by Crippen LogP contribution is -2.46. The zero-order chi connectivity index (χ0) is 15.8. The van der Waals surface area contributed by atoms with Crippen molar-refractivity contribution in [1.29, 1.82) is 0 Å². The second-order valence-corrected chi connectivity index (χ2v) is 5.77. The molecule has 0 radical (unpaired) electrons. The van der Waals surface area contributed by atoms with Crippen LogP contribution in [-0.2, 0) is 4.79 Å². The lowest BCUT2D eigenvalue weighted by molar-refractivity contribution is -0.121. The Bertz CT molecular complexity index is 482. The summed E-state index contributed by atoms with van der Waals surface area (Å²) in [6, 6.07) is 10.1. The summed E-state index contributed by atoms with van der Waals surface area (Å²) >= 11 is 0. The Morgan fingerprint density at radius 3 is 2.50 bits per heavy atom. The second-order valence-electron chi connectivity index (χ2n) is 5.77. The minimum Gasteiger partial charge on any atom is -0.338 e. The lowest BCUT2D eigenvalue weighted by atomic mass is 9.89. The molecule has 5 nitrogen and oxygen atoms in total. The summed E-state index contributed by atoms with van der Waals surface area (Å²) in [4.78, 5) is 25.4. The SMILES string of the molecule is CCCNC(=O)NC(=O)CN1CCC(c2ccccc2)CC1. The van der Waals surface area contributed by atoms with E-state index in [1.165, 1.54) is 5.56 Å². The molecule has 120 valence electrons. The van der Waals surface area contributed by atoms with Crippen molar-refractivity contribution >= 4 is 11.9 Å². The summed E-state index contributed by atoms with van der Waals surface area (Å²) in [5.41, 5.74) is 1.38. The van der Waals surface area contributed by atoms with Crippen LogP contribution < -0.4 is 10.6 Å². The molecule has 0 atom stereocenters. The number of urea groups is 1. The summed E-state index contributed by atoms with van der Waals surface area (Å²) in [5.74, 6) is 0.347. The Morgan fingerprint density at radius 1 is 1.18 bits per heavy atom. The predicted octanol–water partition coefficient (Wildman–Crippen LogP) is 2.10. The first-order valence-corrected chi connectivity index (χ1v) is 8.04.